The number of thioether (sulfide) groups is 1. The second-order valence-corrected chi connectivity index (χ2v) is 5.71. The van der Waals surface area contributed by atoms with E-state index in [2.05, 4.69) is 4.74 Å². The third-order valence-corrected chi connectivity index (χ3v) is 4.18. The van der Waals surface area contributed by atoms with Crippen LogP contribution < -0.4 is 0 Å². The normalized spacial score (nSPS) is 17.1. The SMILES string of the molecule is CCN1C(=O)C(=Cc2cc(C(=O)OC)c(C)o2)SC1=S. The van der Waals surface area contributed by atoms with Crippen molar-refractivity contribution in [2.75, 3.05) is 13.7 Å². The first-order chi connectivity index (χ1) is 9.47. The van der Waals surface area contributed by atoms with E-state index < -0.39 is 5.97 Å². The number of rotatable bonds is 3. The molecule has 0 aromatic carbocycles. The lowest BCUT2D eigenvalue weighted by molar-refractivity contribution is -0.122. The first kappa shape index (κ1) is 14.8. The van der Waals surface area contributed by atoms with Crippen LogP contribution in [0.25, 0.3) is 6.08 Å². The maximum absolute atomic E-state index is 12.0. The van der Waals surface area contributed by atoms with Crippen molar-refractivity contribution in [3.05, 3.63) is 28.1 Å². The van der Waals surface area contributed by atoms with Gasteiger partial charge in [-0.05, 0) is 19.9 Å². The number of amides is 1. The molecular weight excluding hydrogens is 298 g/mol. The average Bonchev–Trinajstić information content (AvgIpc) is 2.90. The minimum absolute atomic E-state index is 0.142. The summed E-state index contributed by atoms with van der Waals surface area (Å²) >= 11 is 6.35. The Balaban J connectivity index is 2.31. The van der Waals surface area contributed by atoms with Gasteiger partial charge in [-0.15, -0.1) is 0 Å². The molecule has 5 nitrogen and oxygen atoms in total. The molecule has 106 valence electrons. The van der Waals surface area contributed by atoms with Gasteiger partial charge in [0.05, 0.1) is 12.0 Å². The molecule has 1 saturated heterocycles. The number of esters is 1. The number of hydrogen-bond acceptors (Lipinski definition) is 6. The lowest BCUT2D eigenvalue weighted by Crippen LogP contribution is -2.27. The summed E-state index contributed by atoms with van der Waals surface area (Å²) in [5, 5.41) is 0. The van der Waals surface area contributed by atoms with Crippen molar-refractivity contribution in [2.24, 2.45) is 0 Å². The lowest BCUT2D eigenvalue weighted by atomic mass is 10.2. The Labute approximate surface area is 125 Å². The third kappa shape index (κ3) is 2.64. The predicted molar refractivity (Wildman–Crippen MR) is 80.3 cm³/mol. The van der Waals surface area contributed by atoms with Crippen molar-refractivity contribution in [3.63, 3.8) is 0 Å². The van der Waals surface area contributed by atoms with Gasteiger partial charge in [0, 0.05) is 12.6 Å². The summed E-state index contributed by atoms with van der Waals surface area (Å²) in [6.45, 7) is 4.06. The van der Waals surface area contributed by atoms with Gasteiger partial charge in [-0.2, -0.15) is 0 Å². The van der Waals surface area contributed by atoms with Gasteiger partial charge in [-0.25, -0.2) is 4.79 Å². The van der Waals surface area contributed by atoms with Crippen LogP contribution in [-0.4, -0.2) is 34.8 Å². The molecule has 0 aliphatic carbocycles. The molecule has 1 aromatic rings. The number of methoxy groups -OCH3 is 1. The van der Waals surface area contributed by atoms with Crippen LogP contribution >= 0.6 is 24.0 Å². The van der Waals surface area contributed by atoms with Crippen LogP contribution in [0.5, 0.6) is 0 Å². The van der Waals surface area contributed by atoms with Crippen molar-refractivity contribution >= 4 is 46.3 Å². The molecule has 0 N–H and O–H groups in total. The Hall–Kier alpha value is -1.60. The molecule has 0 unspecified atom stereocenters. The highest BCUT2D eigenvalue weighted by Gasteiger charge is 2.31. The molecule has 20 heavy (non-hydrogen) atoms. The van der Waals surface area contributed by atoms with Gasteiger partial charge in [0.15, 0.2) is 0 Å². The van der Waals surface area contributed by atoms with Crippen LogP contribution in [-0.2, 0) is 9.53 Å². The van der Waals surface area contributed by atoms with E-state index in [0.717, 1.165) is 0 Å². The van der Waals surface area contributed by atoms with Gasteiger partial charge in [0.1, 0.15) is 21.4 Å². The number of hydrogen-bond donors (Lipinski definition) is 0. The molecule has 1 aliphatic heterocycles. The fourth-order valence-corrected chi connectivity index (χ4v) is 3.15. The Morgan fingerprint density at radius 1 is 1.60 bits per heavy atom. The number of likely N-dealkylation sites (N-methyl/N-ethyl adjacent to an activating group) is 1. The first-order valence-corrected chi connectivity index (χ1v) is 7.14. The molecule has 2 heterocycles. The highest BCUT2D eigenvalue weighted by molar-refractivity contribution is 8.26. The molecule has 1 fully saturated rings. The molecule has 2 rings (SSSR count). The summed E-state index contributed by atoms with van der Waals surface area (Å²) < 4.78 is 10.6. The van der Waals surface area contributed by atoms with E-state index in [1.54, 1.807) is 19.1 Å². The van der Waals surface area contributed by atoms with Crippen LogP contribution in [0.3, 0.4) is 0 Å². The number of furan rings is 1. The van der Waals surface area contributed by atoms with Crippen LogP contribution in [0, 0.1) is 6.92 Å². The second kappa shape index (κ2) is 5.80. The van der Waals surface area contributed by atoms with Crippen molar-refractivity contribution in [1.29, 1.82) is 0 Å². The molecule has 0 atom stereocenters. The van der Waals surface area contributed by atoms with E-state index in [9.17, 15) is 9.59 Å². The fourth-order valence-electron chi connectivity index (χ4n) is 1.79. The van der Waals surface area contributed by atoms with E-state index >= 15 is 0 Å². The Morgan fingerprint density at radius 3 is 2.85 bits per heavy atom. The molecule has 0 spiro atoms. The second-order valence-electron chi connectivity index (χ2n) is 4.04. The quantitative estimate of drug-likeness (QED) is 0.486. The van der Waals surface area contributed by atoms with Crippen LogP contribution in [0.15, 0.2) is 15.4 Å². The molecule has 0 radical (unpaired) electrons. The Bertz CT molecular complexity index is 618. The summed E-state index contributed by atoms with van der Waals surface area (Å²) in [5.74, 6) is 0.275. The monoisotopic (exact) mass is 311 g/mol. The van der Waals surface area contributed by atoms with Crippen molar-refractivity contribution in [3.8, 4) is 0 Å². The van der Waals surface area contributed by atoms with Crippen LogP contribution in [0.2, 0.25) is 0 Å². The predicted octanol–water partition coefficient (Wildman–Crippen LogP) is 2.60. The highest BCUT2D eigenvalue weighted by atomic mass is 32.2. The first-order valence-electron chi connectivity index (χ1n) is 5.92. The van der Waals surface area contributed by atoms with Gasteiger partial charge in [-0.1, -0.05) is 24.0 Å². The topological polar surface area (TPSA) is 59.8 Å². The Kier molecular flexibility index (Phi) is 4.29. The van der Waals surface area contributed by atoms with E-state index in [0.29, 0.717) is 32.9 Å². The summed E-state index contributed by atoms with van der Waals surface area (Å²) in [6, 6.07) is 1.56. The van der Waals surface area contributed by atoms with Crippen molar-refractivity contribution < 1.29 is 18.7 Å². The number of ether oxygens (including phenoxy) is 1. The standard InChI is InChI=1S/C13H13NO4S2/c1-4-14-11(15)10(20-13(14)19)6-8-5-9(7(2)18-8)12(16)17-3/h5-6H,4H2,1-3H3. The lowest BCUT2D eigenvalue weighted by Gasteiger charge is -2.09. The Morgan fingerprint density at radius 2 is 2.30 bits per heavy atom. The number of nitrogens with zero attached hydrogens (tertiary/aromatic N) is 1. The van der Waals surface area contributed by atoms with Gasteiger partial charge >= 0.3 is 5.97 Å². The molecule has 0 bridgehead atoms. The van der Waals surface area contributed by atoms with E-state index in [1.807, 2.05) is 6.92 Å². The molecular formula is C13H13NO4S2. The minimum atomic E-state index is -0.466. The number of aryl methyl sites for hydroxylation is 1. The van der Waals surface area contributed by atoms with Crippen LogP contribution in [0.4, 0.5) is 0 Å². The maximum Gasteiger partial charge on any atom is 0.341 e. The number of carbonyl (C=O) groups excluding carboxylic acids is 2. The largest absolute Gasteiger partial charge is 0.465 e. The molecule has 0 saturated carbocycles. The minimum Gasteiger partial charge on any atom is -0.465 e. The zero-order chi connectivity index (χ0) is 14.9. The molecule has 1 amide bonds. The third-order valence-electron chi connectivity index (χ3n) is 2.81. The van der Waals surface area contributed by atoms with Crippen LogP contribution in [0.1, 0.15) is 28.8 Å². The highest BCUT2D eigenvalue weighted by Crippen LogP contribution is 2.32. The van der Waals surface area contributed by atoms with Gasteiger partial charge in [-0.3, -0.25) is 9.69 Å². The van der Waals surface area contributed by atoms with Gasteiger partial charge < -0.3 is 9.15 Å². The van der Waals surface area contributed by atoms with E-state index in [1.165, 1.54) is 23.8 Å². The average molecular weight is 311 g/mol. The summed E-state index contributed by atoms with van der Waals surface area (Å²) in [5.41, 5.74) is 0.352. The summed E-state index contributed by atoms with van der Waals surface area (Å²) in [4.78, 5) is 25.5. The van der Waals surface area contributed by atoms with Gasteiger partial charge in [0.25, 0.3) is 5.91 Å². The number of carbonyl (C=O) groups is 2. The smallest absolute Gasteiger partial charge is 0.341 e. The zero-order valence-corrected chi connectivity index (χ0v) is 12.9. The van der Waals surface area contributed by atoms with E-state index in [4.69, 9.17) is 16.6 Å². The van der Waals surface area contributed by atoms with Gasteiger partial charge in [0.2, 0.25) is 0 Å². The summed E-state index contributed by atoms with van der Waals surface area (Å²) in [7, 11) is 1.31. The van der Waals surface area contributed by atoms with Crippen molar-refractivity contribution in [2.45, 2.75) is 13.8 Å². The molecule has 1 aliphatic rings. The van der Waals surface area contributed by atoms with Crippen molar-refractivity contribution in [1.82, 2.24) is 4.90 Å². The maximum atomic E-state index is 12.0. The van der Waals surface area contributed by atoms with E-state index in [-0.39, 0.29) is 5.91 Å². The number of thiocarbonyl (C=S) groups is 1. The zero-order valence-electron chi connectivity index (χ0n) is 11.3. The molecule has 7 heteroatoms. The summed E-state index contributed by atoms with van der Waals surface area (Å²) in [6.07, 6.45) is 1.59. The fraction of sp³-hybridized carbons (Fsp3) is 0.308. The molecule has 1 aromatic heterocycles.